The van der Waals surface area contributed by atoms with E-state index in [-0.39, 0.29) is 37.1 Å². The number of ether oxygens (including phenoxy) is 2. The van der Waals surface area contributed by atoms with E-state index in [4.69, 9.17) is 9.47 Å². The van der Waals surface area contributed by atoms with Crippen LogP contribution in [0.1, 0.15) is 12.5 Å². The molecule has 0 bridgehead atoms. The van der Waals surface area contributed by atoms with E-state index in [0.29, 0.717) is 25.7 Å². The van der Waals surface area contributed by atoms with Crippen molar-refractivity contribution in [2.45, 2.75) is 19.6 Å². The zero-order chi connectivity index (χ0) is 19.2. The fourth-order valence-electron chi connectivity index (χ4n) is 2.33. The summed E-state index contributed by atoms with van der Waals surface area (Å²) in [4.78, 5) is 4.39. The number of hydrogen-bond acceptors (Lipinski definition) is 4. The van der Waals surface area contributed by atoms with Gasteiger partial charge in [0.15, 0.2) is 5.96 Å². The summed E-state index contributed by atoms with van der Waals surface area (Å²) in [6, 6.07) is 19.6. The van der Waals surface area contributed by atoms with Gasteiger partial charge in [0.2, 0.25) is 0 Å². The van der Waals surface area contributed by atoms with Gasteiger partial charge in [-0.1, -0.05) is 48.5 Å². The average Bonchev–Trinajstić information content (AvgIpc) is 2.71. The van der Waals surface area contributed by atoms with Gasteiger partial charge in [0, 0.05) is 6.54 Å². The lowest BCUT2D eigenvalue weighted by Crippen LogP contribution is -2.40. The van der Waals surface area contributed by atoms with Gasteiger partial charge >= 0.3 is 0 Å². The van der Waals surface area contributed by atoms with Crippen molar-refractivity contribution in [2.24, 2.45) is 4.99 Å². The van der Waals surface area contributed by atoms with Gasteiger partial charge in [-0.2, -0.15) is 0 Å². The fourth-order valence-corrected chi connectivity index (χ4v) is 2.33. The zero-order valence-electron chi connectivity index (χ0n) is 16.2. The predicted molar refractivity (Wildman–Crippen MR) is 123 cm³/mol. The van der Waals surface area contributed by atoms with Crippen molar-refractivity contribution >= 4 is 29.9 Å². The smallest absolute Gasteiger partial charge is 0.191 e. The molecule has 2 aromatic rings. The molecule has 1 atom stereocenters. The molecule has 0 radical (unpaired) electrons. The van der Waals surface area contributed by atoms with Crippen molar-refractivity contribution < 1.29 is 14.6 Å². The molecule has 0 saturated heterocycles. The molecule has 7 heteroatoms. The number of rotatable bonds is 11. The highest BCUT2D eigenvalue weighted by molar-refractivity contribution is 14.0. The minimum atomic E-state index is -0.648. The van der Waals surface area contributed by atoms with E-state index in [9.17, 15) is 5.11 Å². The van der Waals surface area contributed by atoms with Crippen LogP contribution in [0.2, 0.25) is 0 Å². The second-order valence-corrected chi connectivity index (χ2v) is 5.96. The van der Waals surface area contributed by atoms with Crippen LogP contribution >= 0.6 is 24.0 Å². The Hall–Kier alpha value is -1.84. The van der Waals surface area contributed by atoms with Crippen LogP contribution in [0, 0.1) is 0 Å². The number of benzene rings is 2. The minimum Gasteiger partial charge on any atom is -0.492 e. The maximum absolute atomic E-state index is 10.1. The van der Waals surface area contributed by atoms with Crippen molar-refractivity contribution in [1.82, 2.24) is 10.6 Å². The third-order valence-corrected chi connectivity index (χ3v) is 3.63. The molecule has 2 rings (SSSR count). The van der Waals surface area contributed by atoms with Crippen molar-refractivity contribution in [1.29, 1.82) is 0 Å². The number of halogens is 1. The number of hydrogen-bond donors (Lipinski definition) is 3. The van der Waals surface area contributed by atoms with Gasteiger partial charge in [0.05, 0.1) is 32.4 Å². The summed E-state index contributed by atoms with van der Waals surface area (Å²) in [6.45, 7) is 4.87. The van der Waals surface area contributed by atoms with Gasteiger partial charge in [-0.15, -0.1) is 24.0 Å². The van der Waals surface area contributed by atoms with Gasteiger partial charge in [0.25, 0.3) is 0 Å². The first kappa shape index (κ1) is 24.2. The van der Waals surface area contributed by atoms with E-state index in [1.807, 2.05) is 67.6 Å². The topological polar surface area (TPSA) is 75.1 Å². The van der Waals surface area contributed by atoms with E-state index in [1.165, 1.54) is 0 Å². The Balaban J connectivity index is 0.00000392. The highest BCUT2D eigenvalue weighted by atomic mass is 127. The summed E-state index contributed by atoms with van der Waals surface area (Å²) >= 11 is 0. The second-order valence-electron chi connectivity index (χ2n) is 5.96. The van der Waals surface area contributed by atoms with E-state index >= 15 is 0 Å². The third kappa shape index (κ3) is 10.5. The molecule has 28 heavy (non-hydrogen) atoms. The fraction of sp³-hybridized carbons (Fsp3) is 0.381. The Kier molecular flexibility index (Phi) is 13.1. The average molecular weight is 499 g/mol. The first-order chi connectivity index (χ1) is 13.3. The third-order valence-electron chi connectivity index (χ3n) is 3.63. The van der Waals surface area contributed by atoms with Crippen LogP contribution in [-0.4, -0.2) is 50.0 Å². The number of aliphatic imine (C=N–C) groups is 1. The molecule has 3 N–H and O–H groups in total. The molecule has 0 spiro atoms. The molecule has 0 aliphatic heterocycles. The van der Waals surface area contributed by atoms with Crippen molar-refractivity contribution in [3.63, 3.8) is 0 Å². The number of para-hydroxylation sites is 1. The molecule has 154 valence electrons. The summed E-state index contributed by atoms with van der Waals surface area (Å²) in [5, 5.41) is 16.4. The van der Waals surface area contributed by atoms with Crippen LogP contribution < -0.4 is 15.4 Å². The first-order valence-corrected chi connectivity index (χ1v) is 9.27. The van der Waals surface area contributed by atoms with Crippen LogP contribution in [0.3, 0.4) is 0 Å². The Morgan fingerprint density at radius 2 is 1.71 bits per heavy atom. The lowest BCUT2D eigenvalue weighted by atomic mass is 10.2. The maximum Gasteiger partial charge on any atom is 0.191 e. The molecule has 1 unspecified atom stereocenters. The molecule has 0 amide bonds. The van der Waals surface area contributed by atoms with Crippen molar-refractivity contribution in [3.05, 3.63) is 66.2 Å². The molecule has 0 heterocycles. The van der Waals surface area contributed by atoms with Gasteiger partial charge in [-0.3, -0.25) is 4.99 Å². The predicted octanol–water partition coefficient (Wildman–Crippen LogP) is 2.82. The Bertz CT molecular complexity index is 656. The molecule has 0 fully saturated rings. The monoisotopic (exact) mass is 499 g/mol. The summed E-state index contributed by atoms with van der Waals surface area (Å²) < 4.78 is 11.2. The first-order valence-electron chi connectivity index (χ1n) is 9.27. The van der Waals surface area contributed by atoms with Gasteiger partial charge < -0.3 is 25.2 Å². The van der Waals surface area contributed by atoms with E-state index < -0.39 is 6.10 Å². The lowest BCUT2D eigenvalue weighted by Gasteiger charge is -2.14. The van der Waals surface area contributed by atoms with Crippen molar-refractivity contribution in [2.75, 3.05) is 32.8 Å². The van der Waals surface area contributed by atoms with Gasteiger partial charge in [0.1, 0.15) is 12.4 Å². The van der Waals surface area contributed by atoms with Crippen LogP contribution in [0.5, 0.6) is 5.75 Å². The summed E-state index contributed by atoms with van der Waals surface area (Å²) in [7, 11) is 0. The maximum atomic E-state index is 10.1. The highest BCUT2D eigenvalue weighted by Crippen LogP contribution is 2.07. The van der Waals surface area contributed by atoms with Crippen LogP contribution in [-0.2, 0) is 11.3 Å². The molecule has 2 aromatic carbocycles. The SMILES string of the molecule is CCNC(=NCC(O)COCc1ccccc1)NCCOc1ccccc1.I. The Labute approximate surface area is 184 Å². The summed E-state index contributed by atoms with van der Waals surface area (Å²) in [5.41, 5.74) is 1.08. The number of aliphatic hydroxyl groups excluding tert-OH is 1. The minimum absolute atomic E-state index is 0. The van der Waals surface area contributed by atoms with E-state index in [2.05, 4.69) is 15.6 Å². The van der Waals surface area contributed by atoms with Crippen molar-refractivity contribution in [3.8, 4) is 5.75 Å². The van der Waals surface area contributed by atoms with Crippen LogP contribution in [0.4, 0.5) is 0 Å². The summed E-state index contributed by atoms with van der Waals surface area (Å²) in [5.74, 6) is 1.49. The number of guanidine groups is 1. The normalized spacial score (nSPS) is 12.0. The number of aliphatic hydroxyl groups is 1. The largest absolute Gasteiger partial charge is 0.492 e. The molecule has 6 nitrogen and oxygen atoms in total. The number of nitrogens with one attached hydrogen (secondary N) is 2. The molecule has 0 aliphatic rings. The highest BCUT2D eigenvalue weighted by Gasteiger charge is 2.05. The van der Waals surface area contributed by atoms with Crippen LogP contribution in [0.25, 0.3) is 0 Å². The van der Waals surface area contributed by atoms with Crippen LogP contribution in [0.15, 0.2) is 65.7 Å². The molecule has 0 aliphatic carbocycles. The number of nitrogens with zero attached hydrogens (tertiary/aromatic N) is 1. The van der Waals surface area contributed by atoms with E-state index in [1.54, 1.807) is 0 Å². The standard InChI is InChI=1S/C21H29N3O3.HI/c1-2-22-21(23-13-14-27-20-11-7-4-8-12-20)24-15-19(25)17-26-16-18-9-5-3-6-10-18;/h3-12,19,25H,2,13-17H2,1H3,(H2,22,23,24);1H. The van der Waals surface area contributed by atoms with Gasteiger partial charge in [-0.25, -0.2) is 0 Å². The molecule has 0 saturated carbocycles. The molecule has 0 aromatic heterocycles. The quantitative estimate of drug-likeness (QED) is 0.192. The van der Waals surface area contributed by atoms with E-state index in [0.717, 1.165) is 17.9 Å². The van der Waals surface area contributed by atoms with Gasteiger partial charge in [-0.05, 0) is 24.6 Å². The lowest BCUT2D eigenvalue weighted by molar-refractivity contribution is 0.0331. The summed E-state index contributed by atoms with van der Waals surface area (Å²) in [6.07, 6.45) is -0.648. The second kappa shape index (κ2) is 15.1. The Morgan fingerprint density at radius 3 is 2.39 bits per heavy atom. The zero-order valence-corrected chi connectivity index (χ0v) is 18.5. The molecular formula is C21H30IN3O3. The molecular weight excluding hydrogens is 469 g/mol. The Morgan fingerprint density at radius 1 is 1.04 bits per heavy atom.